The number of nitrogens with zero attached hydrogens (tertiary/aromatic N) is 3. The van der Waals surface area contributed by atoms with Crippen molar-refractivity contribution in [2.24, 2.45) is 0 Å². The highest BCUT2D eigenvalue weighted by Crippen LogP contribution is 2.35. The molecule has 1 aliphatic rings. The van der Waals surface area contributed by atoms with Crippen molar-refractivity contribution in [2.75, 3.05) is 29.9 Å². The molecule has 1 amide bonds. The number of para-hydroxylation sites is 2. The van der Waals surface area contributed by atoms with E-state index in [-0.39, 0.29) is 5.91 Å². The molecule has 0 aliphatic carbocycles. The van der Waals surface area contributed by atoms with E-state index < -0.39 is 0 Å². The largest absolute Gasteiger partial charge is 0.371 e. The highest BCUT2D eigenvalue weighted by atomic mass is 35.5. The third-order valence-corrected chi connectivity index (χ3v) is 4.75. The van der Waals surface area contributed by atoms with Gasteiger partial charge in [-0.3, -0.25) is 4.79 Å². The van der Waals surface area contributed by atoms with Crippen LogP contribution in [0.25, 0.3) is 11.3 Å². The lowest BCUT2D eigenvalue weighted by Crippen LogP contribution is -2.42. The Labute approximate surface area is 150 Å². The summed E-state index contributed by atoms with van der Waals surface area (Å²) in [6.07, 6.45) is 1.39. The maximum atomic E-state index is 13.2. The molecular weight excluding hydrogens is 338 g/mol. The van der Waals surface area contributed by atoms with Crippen LogP contribution in [0.2, 0.25) is 5.02 Å². The van der Waals surface area contributed by atoms with Gasteiger partial charge in [-0.05, 0) is 18.2 Å². The minimum absolute atomic E-state index is 0.142. The van der Waals surface area contributed by atoms with Crippen LogP contribution in [-0.4, -0.2) is 31.2 Å². The molecule has 2 heterocycles. The maximum absolute atomic E-state index is 13.2. The van der Waals surface area contributed by atoms with Crippen LogP contribution in [0.3, 0.4) is 0 Å². The lowest BCUT2D eigenvalue weighted by molar-refractivity contribution is 0.0986. The molecule has 0 spiro atoms. The van der Waals surface area contributed by atoms with E-state index in [2.05, 4.69) is 10.1 Å². The third kappa shape index (κ3) is 2.66. The van der Waals surface area contributed by atoms with Gasteiger partial charge in [-0.15, -0.1) is 0 Å². The van der Waals surface area contributed by atoms with E-state index in [0.717, 1.165) is 17.9 Å². The number of fused-ring (bicyclic) bond motifs is 1. The third-order valence-electron chi connectivity index (χ3n) is 4.42. The summed E-state index contributed by atoms with van der Waals surface area (Å²) in [5.74, 6) is -0.142. The van der Waals surface area contributed by atoms with Crippen LogP contribution in [0.4, 0.5) is 11.4 Å². The highest BCUT2D eigenvalue weighted by molar-refractivity contribution is 6.33. The molecule has 25 heavy (non-hydrogen) atoms. The molecule has 3 aromatic rings. The van der Waals surface area contributed by atoms with Crippen molar-refractivity contribution < 1.29 is 9.32 Å². The molecule has 0 saturated heterocycles. The lowest BCUT2D eigenvalue weighted by atomic mass is 10.1. The molecule has 0 saturated carbocycles. The number of anilines is 2. The molecule has 0 N–H and O–H groups in total. The van der Waals surface area contributed by atoms with E-state index in [4.69, 9.17) is 16.1 Å². The average molecular weight is 354 g/mol. The predicted molar refractivity (Wildman–Crippen MR) is 98.3 cm³/mol. The van der Waals surface area contributed by atoms with Crippen molar-refractivity contribution in [3.63, 3.8) is 0 Å². The topological polar surface area (TPSA) is 49.6 Å². The quantitative estimate of drug-likeness (QED) is 0.696. The summed E-state index contributed by atoms with van der Waals surface area (Å²) in [5, 5.41) is 4.55. The second kappa shape index (κ2) is 6.26. The number of likely N-dealkylation sites (N-methyl/N-ethyl adjacent to an activating group) is 1. The molecule has 0 radical (unpaired) electrons. The second-order valence-electron chi connectivity index (χ2n) is 5.92. The Kier molecular flexibility index (Phi) is 3.93. The normalized spacial score (nSPS) is 13.7. The number of benzene rings is 2. The molecule has 2 aromatic carbocycles. The van der Waals surface area contributed by atoms with Gasteiger partial charge in [0.1, 0.15) is 17.5 Å². The number of hydrogen-bond acceptors (Lipinski definition) is 4. The lowest BCUT2D eigenvalue weighted by Gasteiger charge is -2.35. The SMILES string of the molecule is CN1CCN(C(=O)c2conc2-c2ccccc2Cl)c2ccccc21. The minimum Gasteiger partial charge on any atom is -0.371 e. The molecule has 1 aromatic heterocycles. The number of carbonyl (C=O) groups excluding carboxylic acids is 1. The fourth-order valence-electron chi connectivity index (χ4n) is 3.10. The Hall–Kier alpha value is -2.79. The van der Waals surface area contributed by atoms with Gasteiger partial charge in [0.2, 0.25) is 0 Å². The van der Waals surface area contributed by atoms with E-state index in [1.165, 1.54) is 6.26 Å². The summed E-state index contributed by atoms with van der Waals surface area (Å²) in [4.78, 5) is 17.1. The predicted octanol–water partition coefficient (Wildman–Crippen LogP) is 4.09. The van der Waals surface area contributed by atoms with Crippen LogP contribution in [0, 0.1) is 0 Å². The van der Waals surface area contributed by atoms with E-state index in [9.17, 15) is 4.79 Å². The fraction of sp³-hybridized carbons (Fsp3) is 0.158. The molecule has 0 bridgehead atoms. The van der Waals surface area contributed by atoms with Gasteiger partial charge < -0.3 is 14.3 Å². The fourth-order valence-corrected chi connectivity index (χ4v) is 3.32. The van der Waals surface area contributed by atoms with Crippen LogP contribution in [-0.2, 0) is 0 Å². The van der Waals surface area contributed by atoms with Gasteiger partial charge in [-0.1, -0.05) is 47.1 Å². The minimum atomic E-state index is -0.142. The first kappa shape index (κ1) is 15.7. The second-order valence-corrected chi connectivity index (χ2v) is 6.33. The molecule has 1 aliphatic heterocycles. The zero-order valence-electron chi connectivity index (χ0n) is 13.6. The van der Waals surface area contributed by atoms with Crippen LogP contribution in [0.1, 0.15) is 10.4 Å². The highest BCUT2D eigenvalue weighted by Gasteiger charge is 2.29. The Bertz CT molecular complexity index is 938. The summed E-state index contributed by atoms with van der Waals surface area (Å²) in [5.41, 5.74) is 3.47. The first-order valence-corrected chi connectivity index (χ1v) is 8.36. The van der Waals surface area contributed by atoms with Crippen molar-refractivity contribution in [3.05, 3.63) is 65.4 Å². The smallest absolute Gasteiger partial charge is 0.264 e. The zero-order valence-corrected chi connectivity index (χ0v) is 14.4. The Morgan fingerprint density at radius 1 is 1.08 bits per heavy atom. The van der Waals surface area contributed by atoms with Gasteiger partial charge >= 0.3 is 0 Å². The molecule has 6 heteroatoms. The number of amides is 1. The summed E-state index contributed by atoms with van der Waals surface area (Å²) in [6.45, 7) is 1.36. The first-order valence-electron chi connectivity index (χ1n) is 7.98. The number of carbonyl (C=O) groups is 1. The van der Waals surface area contributed by atoms with Crippen molar-refractivity contribution >= 4 is 28.9 Å². The van der Waals surface area contributed by atoms with Gasteiger partial charge in [0, 0.05) is 25.7 Å². The number of halogens is 1. The van der Waals surface area contributed by atoms with Crippen molar-refractivity contribution in [1.82, 2.24) is 5.16 Å². The zero-order chi connectivity index (χ0) is 17.4. The van der Waals surface area contributed by atoms with Gasteiger partial charge in [-0.25, -0.2) is 0 Å². The number of rotatable bonds is 2. The van der Waals surface area contributed by atoms with Crippen molar-refractivity contribution in [3.8, 4) is 11.3 Å². The Balaban J connectivity index is 1.76. The Morgan fingerprint density at radius 3 is 2.60 bits per heavy atom. The molecule has 0 atom stereocenters. The van der Waals surface area contributed by atoms with Gasteiger partial charge in [0.25, 0.3) is 5.91 Å². The first-order chi connectivity index (χ1) is 12.2. The van der Waals surface area contributed by atoms with Crippen LogP contribution >= 0.6 is 11.6 Å². The summed E-state index contributed by atoms with van der Waals surface area (Å²) >= 11 is 6.27. The molecule has 5 nitrogen and oxygen atoms in total. The number of aromatic nitrogens is 1. The maximum Gasteiger partial charge on any atom is 0.264 e. The molecule has 0 fully saturated rings. The van der Waals surface area contributed by atoms with E-state index in [0.29, 0.717) is 28.4 Å². The van der Waals surface area contributed by atoms with Gasteiger partial charge in [0.05, 0.1) is 16.4 Å². The molecule has 0 unspecified atom stereocenters. The summed E-state index contributed by atoms with van der Waals surface area (Å²) < 4.78 is 5.11. The van der Waals surface area contributed by atoms with Crippen molar-refractivity contribution in [1.29, 1.82) is 0 Å². The van der Waals surface area contributed by atoms with E-state index in [1.807, 2.05) is 49.5 Å². The Morgan fingerprint density at radius 2 is 1.80 bits per heavy atom. The van der Waals surface area contributed by atoms with Crippen LogP contribution in [0.15, 0.2) is 59.3 Å². The van der Waals surface area contributed by atoms with Gasteiger partial charge in [-0.2, -0.15) is 0 Å². The summed E-state index contributed by atoms with van der Waals surface area (Å²) in [7, 11) is 2.02. The van der Waals surface area contributed by atoms with Gasteiger partial charge in [0.15, 0.2) is 0 Å². The molecular formula is C19H16ClN3O2. The van der Waals surface area contributed by atoms with E-state index >= 15 is 0 Å². The standard InChI is InChI=1S/C19H16ClN3O2/c1-22-10-11-23(17-9-5-4-8-16(17)22)19(24)14-12-25-21-18(14)13-6-2-3-7-15(13)20/h2-9,12H,10-11H2,1H3. The molecule has 126 valence electrons. The number of hydrogen-bond donors (Lipinski definition) is 0. The van der Waals surface area contributed by atoms with Crippen molar-refractivity contribution in [2.45, 2.75) is 0 Å². The molecule has 4 rings (SSSR count). The monoisotopic (exact) mass is 353 g/mol. The van der Waals surface area contributed by atoms with Crippen LogP contribution in [0.5, 0.6) is 0 Å². The van der Waals surface area contributed by atoms with Crippen LogP contribution < -0.4 is 9.80 Å². The summed E-state index contributed by atoms with van der Waals surface area (Å²) in [6, 6.07) is 15.2. The van der Waals surface area contributed by atoms with E-state index in [1.54, 1.807) is 11.0 Å². The average Bonchev–Trinajstić information content (AvgIpc) is 3.12.